The number of benzene rings is 1. The van der Waals surface area contributed by atoms with E-state index < -0.39 is 0 Å². The van der Waals surface area contributed by atoms with Crippen LogP contribution in [0.3, 0.4) is 0 Å². The first-order valence-electron chi connectivity index (χ1n) is 4.71. The van der Waals surface area contributed by atoms with Crippen molar-refractivity contribution in [1.29, 1.82) is 0 Å². The summed E-state index contributed by atoms with van der Waals surface area (Å²) in [5.74, 6) is -0.0788. The lowest BCUT2D eigenvalue weighted by atomic mass is 10.1. The fourth-order valence-corrected chi connectivity index (χ4v) is 1.37. The maximum Gasteiger partial charge on any atom is 0.251 e. The van der Waals surface area contributed by atoms with E-state index >= 15 is 0 Å². The molecule has 1 amide bonds. The molecular formula is C11H15IN2O. The first-order chi connectivity index (χ1) is 6.88. The number of nitrogens with two attached hydrogens (primary N) is 1. The fourth-order valence-electron chi connectivity index (χ4n) is 1.01. The van der Waals surface area contributed by atoms with Gasteiger partial charge >= 0.3 is 0 Å². The molecule has 15 heavy (non-hydrogen) atoms. The van der Waals surface area contributed by atoms with Gasteiger partial charge in [0.05, 0.1) is 0 Å². The molecule has 0 fully saturated rings. The largest absolute Gasteiger partial charge is 0.350 e. The topological polar surface area (TPSA) is 55.1 Å². The summed E-state index contributed by atoms with van der Waals surface area (Å²) in [5.41, 5.74) is 6.06. The number of halogens is 1. The van der Waals surface area contributed by atoms with Crippen molar-refractivity contribution in [3.05, 3.63) is 33.4 Å². The standard InChI is InChI=1S/C11H15IN2O/c1-11(2,13)7-14-10(15)8-3-5-9(12)6-4-8/h3-6H,7,13H2,1-2H3,(H,14,15). The highest BCUT2D eigenvalue weighted by Crippen LogP contribution is 2.06. The zero-order valence-electron chi connectivity index (χ0n) is 8.88. The highest BCUT2D eigenvalue weighted by Gasteiger charge is 2.12. The van der Waals surface area contributed by atoms with Crippen molar-refractivity contribution < 1.29 is 4.79 Å². The minimum Gasteiger partial charge on any atom is -0.350 e. The van der Waals surface area contributed by atoms with Gasteiger partial charge in [0, 0.05) is 21.2 Å². The van der Waals surface area contributed by atoms with Crippen LogP contribution in [0, 0.1) is 3.57 Å². The van der Waals surface area contributed by atoms with Crippen molar-refractivity contribution >= 4 is 28.5 Å². The third kappa shape index (κ3) is 4.61. The molecular weight excluding hydrogens is 303 g/mol. The number of hydrogen-bond donors (Lipinski definition) is 2. The van der Waals surface area contributed by atoms with Crippen molar-refractivity contribution in [3.63, 3.8) is 0 Å². The predicted octanol–water partition coefficient (Wildman–Crippen LogP) is 1.76. The molecule has 0 unspecified atom stereocenters. The van der Waals surface area contributed by atoms with Gasteiger partial charge in [-0.1, -0.05) is 0 Å². The van der Waals surface area contributed by atoms with Crippen molar-refractivity contribution in [2.75, 3.05) is 6.54 Å². The molecule has 0 bridgehead atoms. The Balaban J connectivity index is 2.58. The van der Waals surface area contributed by atoms with Crippen molar-refractivity contribution in [1.82, 2.24) is 5.32 Å². The van der Waals surface area contributed by atoms with Crippen LogP contribution in [0.2, 0.25) is 0 Å². The van der Waals surface area contributed by atoms with Crippen molar-refractivity contribution in [2.24, 2.45) is 5.73 Å². The molecule has 82 valence electrons. The Labute approximate surface area is 104 Å². The summed E-state index contributed by atoms with van der Waals surface area (Å²) in [6.45, 7) is 4.22. The maximum atomic E-state index is 11.6. The third-order valence-electron chi connectivity index (χ3n) is 1.81. The summed E-state index contributed by atoms with van der Waals surface area (Å²) in [7, 11) is 0. The number of rotatable bonds is 3. The summed E-state index contributed by atoms with van der Waals surface area (Å²) in [6.07, 6.45) is 0. The molecule has 3 N–H and O–H groups in total. The molecule has 0 aliphatic heterocycles. The van der Waals surface area contributed by atoms with Gasteiger partial charge in [-0.2, -0.15) is 0 Å². The molecule has 0 radical (unpaired) electrons. The number of amides is 1. The molecule has 0 aliphatic carbocycles. The molecule has 1 aromatic carbocycles. The SMILES string of the molecule is CC(C)(N)CNC(=O)c1ccc(I)cc1. The molecule has 0 heterocycles. The average molecular weight is 318 g/mol. The first kappa shape index (κ1) is 12.4. The van der Waals surface area contributed by atoms with Gasteiger partial charge in [0.25, 0.3) is 5.91 Å². The first-order valence-corrected chi connectivity index (χ1v) is 5.79. The van der Waals surface area contributed by atoms with Crippen LogP contribution in [0.25, 0.3) is 0 Å². The van der Waals surface area contributed by atoms with Gasteiger partial charge in [-0.15, -0.1) is 0 Å². The van der Waals surface area contributed by atoms with Gasteiger partial charge in [-0.3, -0.25) is 4.79 Å². The van der Waals surface area contributed by atoms with E-state index in [4.69, 9.17) is 5.73 Å². The van der Waals surface area contributed by atoms with E-state index in [0.29, 0.717) is 12.1 Å². The van der Waals surface area contributed by atoms with Crippen LogP contribution in [0.15, 0.2) is 24.3 Å². The van der Waals surface area contributed by atoms with Crippen LogP contribution in [0.1, 0.15) is 24.2 Å². The summed E-state index contributed by atoms with van der Waals surface area (Å²) < 4.78 is 1.11. The molecule has 1 aromatic rings. The summed E-state index contributed by atoms with van der Waals surface area (Å²) >= 11 is 2.20. The van der Waals surface area contributed by atoms with Crippen LogP contribution in [-0.4, -0.2) is 18.0 Å². The van der Waals surface area contributed by atoms with Crippen LogP contribution in [0.4, 0.5) is 0 Å². The minimum absolute atomic E-state index is 0.0788. The molecule has 0 aromatic heterocycles. The number of carbonyl (C=O) groups is 1. The minimum atomic E-state index is -0.376. The number of nitrogens with one attached hydrogen (secondary N) is 1. The van der Waals surface area contributed by atoms with E-state index in [2.05, 4.69) is 27.9 Å². The van der Waals surface area contributed by atoms with Crippen molar-refractivity contribution in [2.45, 2.75) is 19.4 Å². The lowest BCUT2D eigenvalue weighted by Gasteiger charge is -2.18. The zero-order valence-corrected chi connectivity index (χ0v) is 11.0. The Kier molecular flexibility index (Phi) is 4.10. The van der Waals surface area contributed by atoms with E-state index in [0.717, 1.165) is 3.57 Å². The Morgan fingerprint density at radius 1 is 1.40 bits per heavy atom. The maximum absolute atomic E-state index is 11.6. The van der Waals surface area contributed by atoms with Gasteiger partial charge in [0.15, 0.2) is 0 Å². The molecule has 1 rings (SSSR count). The summed E-state index contributed by atoms with van der Waals surface area (Å²) in [6, 6.07) is 7.42. The van der Waals surface area contributed by atoms with Crippen LogP contribution in [0.5, 0.6) is 0 Å². The van der Waals surface area contributed by atoms with E-state index in [-0.39, 0.29) is 11.4 Å². The van der Waals surface area contributed by atoms with Crippen molar-refractivity contribution in [3.8, 4) is 0 Å². The second-order valence-electron chi connectivity index (χ2n) is 4.18. The van der Waals surface area contributed by atoms with Gasteiger partial charge in [-0.25, -0.2) is 0 Å². The van der Waals surface area contributed by atoms with E-state index in [1.807, 2.05) is 26.0 Å². The lowest BCUT2D eigenvalue weighted by molar-refractivity contribution is 0.0946. The van der Waals surface area contributed by atoms with Gasteiger partial charge in [0.2, 0.25) is 0 Å². The van der Waals surface area contributed by atoms with E-state index in [1.165, 1.54) is 0 Å². The molecule has 4 heteroatoms. The zero-order chi connectivity index (χ0) is 11.5. The van der Waals surface area contributed by atoms with Gasteiger partial charge in [0.1, 0.15) is 0 Å². The Morgan fingerprint density at radius 3 is 2.40 bits per heavy atom. The van der Waals surface area contributed by atoms with Gasteiger partial charge < -0.3 is 11.1 Å². The molecule has 0 saturated heterocycles. The average Bonchev–Trinajstić information content (AvgIpc) is 2.14. The summed E-state index contributed by atoms with van der Waals surface area (Å²) in [4.78, 5) is 11.6. The van der Waals surface area contributed by atoms with E-state index in [9.17, 15) is 4.79 Å². The quantitative estimate of drug-likeness (QED) is 0.835. The monoisotopic (exact) mass is 318 g/mol. The summed E-state index contributed by atoms with van der Waals surface area (Å²) in [5, 5.41) is 2.79. The van der Waals surface area contributed by atoms with Gasteiger partial charge in [-0.05, 0) is 60.7 Å². The smallest absolute Gasteiger partial charge is 0.251 e. The Morgan fingerprint density at radius 2 is 1.93 bits per heavy atom. The molecule has 0 atom stereocenters. The molecule has 0 saturated carbocycles. The van der Waals surface area contributed by atoms with Crippen LogP contribution < -0.4 is 11.1 Å². The van der Waals surface area contributed by atoms with Crippen LogP contribution >= 0.6 is 22.6 Å². The fraction of sp³-hybridized carbons (Fsp3) is 0.364. The molecule has 0 spiro atoms. The number of hydrogen-bond acceptors (Lipinski definition) is 2. The van der Waals surface area contributed by atoms with E-state index in [1.54, 1.807) is 12.1 Å². The Hall–Kier alpha value is -0.620. The second-order valence-corrected chi connectivity index (χ2v) is 5.42. The molecule has 0 aliphatic rings. The predicted molar refractivity (Wildman–Crippen MR) is 69.8 cm³/mol. The third-order valence-corrected chi connectivity index (χ3v) is 2.53. The highest BCUT2D eigenvalue weighted by atomic mass is 127. The second kappa shape index (κ2) is 4.94. The lowest BCUT2D eigenvalue weighted by Crippen LogP contribution is -2.45. The highest BCUT2D eigenvalue weighted by molar-refractivity contribution is 14.1. The normalized spacial score (nSPS) is 11.2. The number of carbonyl (C=O) groups excluding carboxylic acids is 1. The Bertz CT molecular complexity index is 341. The van der Waals surface area contributed by atoms with Crippen LogP contribution in [-0.2, 0) is 0 Å². The molecule has 3 nitrogen and oxygen atoms in total.